The normalized spacial score (nSPS) is 39.8. The van der Waals surface area contributed by atoms with Crippen molar-refractivity contribution in [2.24, 2.45) is 63.1 Å². The van der Waals surface area contributed by atoms with Crippen LogP contribution in [0.3, 0.4) is 0 Å². The molecule has 0 amide bonds. The molecule has 0 bridgehead atoms. The molecule has 0 saturated heterocycles. The van der Waals surface area contributed by atoms with Gasteiger partial charge in [-0.3, -0.25) is 14.4 Å². The van der Waals surface area contributed by atoms with E-state index >= 15 is 0 Å². The molecule has 2 aromatic carbocycles. The second-order valence-corrected chi connectivity index (χ2v) is 37.2. The summed E-state index contributed by atoms with van der Waals surface area (Å²) in [5.41, 5.74) is 13.0. The first-order valence-corrected chi connectivity index (χ1v) is 37.4. The number of hydrogen-bond donors (Lipinski definition) is 4. The summed E-state index contributed by atoms with van der Waals surface area (Å²) in [5, 5.41) is 50.0. The lowest BCUT2D eigenvalue weighted by Gasteiger charge is -2.65. The highest BCUT2D eigenvalue weighted by Crippen LogP contribution is 2.75. The molecule has 4 saturated carbocycles. The molecule has 0 spiro atoms. The molecule has 16 rings (SSSR count). The minimum atomic E-state index is -0.845. The van der Waals surface area contributed by atoms with Crippen LogP contribution in [0.2, 0.25) is 0 Å². The molecule has 8 aliphatic carbocycles. The predicted molar refractivity (Wildman–Crippen MR) is 387 cm³/mol. The van der Waals surface area contributed by atoms with Crippen molar-refractivity contribution in [2.45, 2.75) is 278 Å². The fourth-order valence-corrected chi connectivity index (χ4v) is 25.7. The number of aldehydes is 2. The van der Waals surface area contributed by atoms with Gasteiger partial charge in [-0.05, 0) is 256 Å². The summed E-state index contributed by atoms with van der Waals surface area (Å²) in [6.07, 6.45) is 21.9. The number of fused-ring (bicyclic) bond motifs is 22. The van der Waals surface area contributed by atoms with E-state index in [1.807, 2.05) is 32.9 Å². The monoisotopic (exact) mass is 1330 g/mol. The zero-order valence-electron chi connectivity index (χ0n) is 61.9. The SMILES string of the molecule is C=C(C)[C@H]1C(=O)c2c3c(cc4c5c(n1c24)[C@@]1(C)C(CC[C@H]2[C@](C)(/C=C/C=C(\C)C=O)[C@@H](O)CC[C@@]21C)C5)C1=CC(C)(C)OC(C)(C)C1[C@@H]3O.C=C(C)[C@H]1C(=O)c2c3c(cc4c5c(n1c24)[C@@]1(C)C(CC[C@H]2[C@](C)(CCCC(C)C=O)[C@@H](O)CC[C@@]21C)C5)C1=CC(C)(C)OC(C)(C)C1[C@@H]3O. The number of nitrogens with zero attached hydrogens (tertiary/aromatic N) is 2. The zero-order valence-corrected chi connectivity index (χ0v) is 61.9. The van der Waals surface area contributed by atoms with Gasteiger partial charge >= 0.3 is 0 Å². The quantitative estimate of drug-likeness (QED) is 0.0517. The third kappa shape index (κ3) is 8.57. The van der Waals surface area contributed by atoms with Crippen molar-refractivity contribution < 1.29 is 49.1 Å². The van der Waals surface area contributed by atoms with Gasteiger partial charge in [-0.25, -0.2) is 0 Å². The Morgan fingerprint density at radius 3 is 1.50 bits per heavy atom. The molecular weight excluding hydrogens is 1220 g/mol. The molecule has 2 aromatic heterocycles. The van der Waals surface area contributed by atoms with Crippen LogP contribution >= 0.6 is 0 Å². The van der Waals surface area contributed by atoms with E-state index in [4.69, 9.17) is 9.47 Å². The summed E-state index contributed by atoms with van der Waals surface area (Å²) in [6, 6.07) is 3.62. The highest BCUT2D eigenvalue weighted by Gasteiger charge is 2.70. The topological polar surface area (TPSA) is 178 Å². The summed E-state index contributed by atoms with van der Waals surface area (Å²) < 4.78 is 17.8. The van der Waals surface area contributed by atoms with Crippen molar-refractivity contribution in [1.29, 1.82) is 0 Å². The molecule has 0 radical (unpaired) electrons. The van der Waals surface area contributed by atoms with Gasteiger partial charge in [-0.15, -0.1) is 0 Å². The summed E-state index contributed by atoms with van der Waals surface area (Å²) in [6.45, 7) is 47.5. The standard InChI is InChI=1S/C43H57NO5.C43H53NO5/c2*1-22(2)34-37(48)32-31-25(28-20-39(4,5)49-40(6,7)33(28)36(31)47)19-26-27-18-24-13-14-29-41(8,16-11-12-23(3)21-45)30(46)15-17-42(29,9)43(24,10)38(27)44(34)35(26)32/h19-21,23-24,29-30,33-34,36,46-47H,1,11-18H2,2-10H3;11-12,16,19-21,24,29-30,33-34,36,46-47H,1,13-15,17-18H2,2-10H3/b;16-11+,23-12+/t23?,24?,29-,30-,33?,34-,36+,41-,42-,43+;24?,29-,30-,33?,34-,36+,41-,42-,43+/m00/s1. The molecular formula is C86H110N2O10. The molecule has 524 valence electrons. The maximum atomic E-state index is 14.8. The van der Waals surface area contributed by atoms with Crippen LogP contribution in [0.4, 0.5) is 0 Å². The van der Waals surface area contributed by atoms with E-state index in [0.717, 1.165) is 151 Å². The highest BCUT2D eigenvalue weighted by atomic mass is 16.5. The predicted octanol–water partition coefficient (Wildman–Crippen LogP) is 16.9. The van der Waals surface area contributed by atoms with E-state index < -0.39 is 58.2 Å². The van der Waals surface area contributed by atoms with E-state index in [-0.39, 0.29) is 68.4 Å². The fraction of sp³-hybridized carbons (Fsp3) is 0.628. The second-order valence-electron chi connectivity index (χ2n) is 37.2. The zero-order chi connectivity index (χ0) is 70.8. The molecule has 6 heterocycles. The second kappa shape index (κ2) is 21.5. The maximum Gasteiger partial charge on any atom is 0.192 e. The van der Waals surface area contributed by atoms with Crippen LogP contribution in [0.1, 0.15) is 285 Å². The van der Waals surface area contributed by atoms with Gasteiger partial charge in [0.2, 0.25) is 0 Å². The summed E-state index contributed by atoms with van der Waals surface area (Å²) in [4.78, 5) is 52.5. The Balaban J connectivity index is 0.000000160. The van der Waals surface area contributed by atoms with Crippen molar-refractivity contribution in [1.82, 2.24) is 9.13 Å². The van der Waals surface area contributed by atoms with E-state index in [1.54, 1.807) is 6.92 Å². The van der Waals surface area contributed by atoms with Crippen LogP contribution in [-0.2, 0) is 42.7 Å². The van der Waals surface area contributed by atoms with Crippen molar-refractivity contribution in [3.63, 3.8) is 0 Å². The third-order valence-electron chi connectivity index (χ3n) is 29.9. The molecule has 4 N–H and O–H groups in total. The molecule has 12 nitrogen and oxygen atoms in total. The van der Waals surface area contributed by atoms with Crippen LogP contribution < -0.4 is 0 Å². The number of ketones is 2. The number of carbonyl (C=O) groups excluding carboxylic acids is 4. The number of Topliss-reactive ketones (excluding diaryl/α,β-unsaturated/α-hetero) is 2. The summed E-state index contributed by atoms with van der Waals surface area (Å²) >= 11 is 0. The Labute approximate surface area is 581 Å². The van der Waals surface area contributed by atoms with Gasteiger partial charge in [-0.1, -0.05) is 97.4 Å². The number of carbonyl (C=O) groups is 4. The lowest BCUT2D eigenvalue weighted by molar-refractivity contribution is -0.167. The first-order valence-electron chi connectivity index (χ1n) is 37.4. The van der Waals surface area contributed by atoms with Gasteiger partial charge in [0.15, 0.2) is 11.6 Å². The summed E-state index contributed by atoms with van der Waals surface area (Å²) in [7, 11) is 0. The Bertz CT molecular complexity index is 4380. The largest absolute Gasteiger partial charge is 0.393 e. The van der Waals surface area contributed by atoms with Crippen molar-refractivity contribution >= 4 is 57.1 Å². The molecule has 4 aromatic rings. The number of rotatable bonds is 10. The molecule has 5 unspecified atom stereocenters. The highest BCUT2D eigenvalue weighted by molar-refractivity contribution is 6.20. The summed E-state index contributed by atoms with van der Waals surface area (Å²) in [5.74, 6) is 0.984. The van der Waals surface area contributed by atoms with E-state index in [0.29, 0.717) is 40.9 Å². The number of ether oxygens (including phenoxy) is 2. The van der Waals surface area contributed by atoms with Crippen molar-refractivity contribution in [3.05, 3.63) is 128 Å². The Kier molecular flexibility index (Phi) is 15.0. The van der Waals surface area contributed by atoms with Gasteiger partial charge in [0, 0.05) is 67.3 Å². The Morgan fingerprint density at radius 2 is 1.06 bits per heavy atom. The maximum absolute atomic E-state index is 14.8. The average Bonchev–Trinajstić information content (AvgIpc) is 1.49. The number of hydrogen-bond acceptors (Lipinski definition) is 10. The average molecular weight is 1330 g/mol. The van der Waals surface area contributed by atoms with Gasteiger partial charge in [0.05, 0.1) is 69.0 Å². The molecule has 98 heavy (non-hydrogen) atoms. The number of benzene rings is 2. The first-order chi connectivity index (χ1) is 45.7. The fourth-order valence-electron chi connectivity index (χ4n) is 25.7. The van der Waals surface area contributed by atoms with E-state index in [1.165, 1.54) is 27.9 Å². The minimum Gasteiger partial charge on any atom is -0.393 e. The Morgan fingerprint density at radius 1 is 0.622 bits per heavy atom. The number of aliphatic hydroxyl groups is 4. The molecule has 4 fully saturated rings. The lowest BCUT2D eigenvalue weighted by atomic mass is 9.40. The van der Waals surface area contributed by atoms with E-state index in [2.05, 4.69) is 150 Å². The van der Waals surface area contributed by atoms with Gasteiger partial charge in [0.25, 0.3) is 0 Å². The smallest absolute Gasteiger partial charge is 0.192 e. The van der Waals surface area contributed by atoms with Crippen molar-refractivity contribution in [3.8, 4) is 0 Å². The van der Waals surface area contributed by atoms with Crippen LogP contribution in [-0.4, -0.2) is 88.3 Å². The van der Waals surface area contributed by atoms with Crippen LogP contribution in [0.25, 0.3) is 33.0 Å². The van der Waals surface area contributed by atoms with Crippen molar-refractivity contribution in [2.75, 3.05) is 0 Å². The van der Waals surface area contributed by atoms with Gasteiger partial charge < -0.3 is 43.8 Å². The number of allylic oxidation sites excluding steroid dienone is 5. The van der Waals surface area contributed by atoms with Gasteiger partial charge in [0.1, 0.15) is 24.7 Å². The Hall–Kier alpha value is -5.60. The number of aromatic nitrogens is 2. The van der Waals surface area contributed by atoms with Crippen LogP contribution in [0, 0.1) is 63.1 Å². The van der Waals surface area contributed by atoms with Gasteiger partial charge in [-0.2, -0.15) is 0 Å². The van der Waals surface area contributed by atoms with Crippen LogP contribution in [0.15, 0.2) is 72.4 Å². The third-order valence-corrected chi connectivity index (χ3v) is 29.9. The molecule has 4 aliphatic heterocycles. The number of aliphatic hydroxyl groups excluding tert-OH is 4. The molecule has 12 heteroatoms. The minimum absolute atomic E-state index is 0.0361. The van der Waals surface area contributed by atoms with Crippen LogP contribution in [0.5, 0.6) is 0 Å². The van der Waals surface area contributed by atoms with E-state index in [9.17, 15) is 39.6 Å². The molecule has 19 atom stereocenters. The lowest BCUT2D eigenvalue weighted by Crippen LogP contribution is -2.62. The molecule has 12 aliphatic rings. The first kappa shape index (κ1) is 68.2.